The predicted molar refractivity (Wildman–Crippen MR) is 97.3 cm³/mol. The molecule has 0 amide bonds. The maximum absolute atomic E-state index is 12.4. The molecule has 0 aliphatic heterocycles. The third kappa shape index (κ3) is 2.91. The van der Waals surface area contributed by atoms with E-state index < -0.39 is 0 Å². The van der Waals surface area contributed by atoms with E-state index >= 15 is 0 Å². The van der Waals surface area contributed by atoms with E-state index in [0.29, 0.717) is 17.8 Å². The Bertz CT molecular complexity index is 1050. The van der Waals surface area contributed by atoms with Gasteiger partial charge in [0.25, 0.3) is 0 Å². The fraction of sp³-hybridized carbons (Fsp3) is 0.294. The van der Waals surface area contributed by atoms with Crippen molar-refractivity contribution < 1.29 is 4.74 Å². The zero-order valence-electron chi connectivity index (χ0n) is 14.4. The van der Waals surface area contributed by atoms with Crippen molar-refractivity contribution in [2.24, 2.45) is 0 Å². The van der Waals surface area contributed by atoms with Crippen molar-refractivity contribution in [2.45, 2.75) is 27.3 Å². The van der Waals surface area contributed by atoms with Gasteiger partial charge in [-0.2, -0.15) is 4.98 Å². The van der Waals surface area contributed by atoms with E-state index in [2.05, 4.69) is 15.0 Å². The number of nitrogen functional groups attached to an aromatic ring is 1. The Morgan fingerprint density at radius 1 is 1.24 bits per heavy atom. The fourth-order valence-electron chi connectivity index (χ4n) is 2.90. The monoisotopic (exact) mass is 359 g/mol. The molecular weight excluding hydrogens is 342 g/mol. The van der Waals surface area contributed by atoms with Gasteiger partial charge in [-0.25, -0.2) is 4.98 Å². The van der Waals surface area contributed by atoms with Gasteiger partial charge in [0.2, 0.25) is 5.95 Å². The number of rotatable bonds is 3. The largest absolute Gasteiger partial charge is 0.496 e. The minimum atomic E-state index is -0.206. The number of ether oxygens (including phenoxy) is 1. The molecule has 130 valence electrons. The lowest BCUT2D eigenvalue weighted by Gasteiger charge is -2.15. The molecule has 3 heterocycles. The molecule has 0 fully saturated rings. The van der Waals surface area contributed by atoms with Gasteiger partial charge in [-0.3, -0.25) is 9.78 Å². The Balaban J connectivity index is 2.24. The molecule has 0 aliphatic rings. The van der Waals surface area contributed by atoms with E-state index in [9.17, 15) is 4.79 Å². The quantitative estimate of drug-likeness (QED) is 0.721. The van der Waals surface area contributed by atoms with Crippen molar-refractivity contribution in [1.82, 2.24) is 19.5 Å². The smallest absolute Gasteiger partial charge is 0.223 e. The fourth-order valence-corrected chi connectivity index (χ4v) is 3.16. The van der Waals surface area contributed by atoms with Crippen LogP contribution in [0.5, 0.6) is 5.75 Å². The van der Waals surface area contributed by atoms with Crippen molar-refractivity contribution in [3.05, 3.63) is 50.2 Å². The van der Waals surface area contributed by atoms with Crippen molar-refractivity contribution in [3.63, 3.8) is 0 Å². The highest BCUT2D eigenvalue weighted by Gasteiger charge is 2.16. The first kappa shape index (κ1) is 17.2. The van der Waals surface area contributed by atoms with Gasteiger partial charge in [0.15, 0.2) is 11.1 Å². The number of aryl methyl sites for hydroxylation is 2. The molecule has 3 aromatic rings. The van der Waals surface area contributed by atoms with E-state index in [4.69, 9.17) is 22.1 Å². The predicted octanol–water partition coefficient (Wildman–Crippen LogP) is 2.40. The molecule has 2 N–H and O–H groups in total. The van der Waals surface area contributed by atoms with Crippen LogP contribution in [0.15, 0.2) is 17.2 Å². The lowest BCUT2D eigenvalue weighted by molar-refractivity contribution is 0.406. The molecule has 8 heteroatoms. The van der Waals surface area contributed by atoms with E-state index in [1.165, 1.54) is 0 Å². The maximum Gasteiger partial charge on any atom is 0.223 e. The number of halogens is 1. The summed E-state index contributed by atoms with van der Waals surface area (Å²) in [4.78, 5) is 25.0. The second-order valence-electron chi connectivity index (χ2n) is 5.89. The molecule has 0 unspecified atom stereocenters. The van der Waals surface area contributed by atoms with Gasteiger partial charge in [-0.1, -0.05) is 11.6 Å². The molecule has 0 saturated heterocycles. The Hall–Kier alpha value is -2.67. The van der Waals surface area contributed by atoms with E-state index in [-0.39, 0.29) is 21.9 Å². The van der Waals surface area contributed by atoms with Crippen molar-refractivity contribution in [2.75, 3.05) is 12.8 Å². The average molecular weight is 360 g/mol. The Kier molecular flexibility index (Phi) is 4.34. The Morgan fingerprint density at radius 2 is 1.96 bits per heavy atom. The molecule has 0 aliphatic carbocycles. The summed E-state index contributed by atoms with van der Waals surface area (Å²) < 4.78 is 7.26. The van der Waals surface area contributed by atoms with Crippen molar-refractivity contribution in [3.8, 4) is 5.75 Å². The summed E-state index contributed by atoms with van der Waals surface area (Å²) >= 11 is 6.13. The minimum absolute atomic E-state index is 0.0145. The summed E-state index contributed by atoms with van der Waals surface area (Å²) in [5.41, 5.74) is 9.13. The van der Waals surface area contributed by atoms with Gasteiger partial charge in [-0.05, 0) is 20.8 Å². The van der Waals surface area contributed by atoms with Gasteiger partial charge >= 0.3 is 0 Å². The SMILES string of the molecule is COc1c(C)cnc(Cn2cc(C)c(=O)c3c(Cl)nc(N)nc32)c1C. The molecular formula is C17H18ClN5O2. The standard InChI is InChI=1S/C17H18ClN5O2/c1-8-5-20-11(10(3)14(8)25-4)7-23-6-9(2)13(24)12-15(18)21-17(19)22-16(12)23/h5-6H,7H2,1-4H3,(H2,19,21,22). The van der Waals surface area contributed by atoms with Crippen LogP contribution in [-0.4, -0.2) is 26.6 Å². The molecule has 0 spiro atoms. The topological polar surface area (TPSA) is 95.9 Å². The summed E-state index contributed by atoms with van der Waals surface area (Å²) in [7, 11) is 1.63. The van der Waals surface area contributed by atoms with E-state index in [0.717, 1.165) is 22.6 Å². The number of fused-ring (bicyclic) bond motifs is 1. The van der Waals surface area contributed by atoms with Gasteiger partial charge in [-0.15, -0.1) is 0 Å². The number of pyridine rings is 2. The van der Waals surface area contributed by atoms with Gasteiger partial charge in [0.1, 0.15) is 16.3 Å². The Labute approximate surface area is 149 Å². The van der Waals surface area contributed by atoms with Crippen LogP contribution in [0.3, 0.4) is 0 Å². The van der Waals surface area contributed by atoms with Gasteiger partial charge in [0, 0.05) is 29.1 Å². The number of nitrogens with two attached hydrogens (primary N) is 1. The highest BCUT2D eigenvalue weighted by molar-refractivity contribution is 6.34. The highest BCUT2D eigenvalue weighted by atomic mass is 35.5. The zero-order chi connectivity index (χ0) is 18.3. The molecule has 0 aromatic carbocycles. The molecule has 0 saturated carbocycles. The Morgan fingerprint density at radius 3 is 2.64 bits per heavy atom. The average Bonchev–Trinajstić information content (AvgIpc) is 2.54. The maximum atomic E-state index is 12.4. The van der Waals surface area contributed by atoms with Crippen LogP contribution in [-0.2, 0) is 6.54 Å². The first-order chi connectivity index (χ1) is 11.8. The molecule has 25 heavy (non-hydrogen) atoms. The van der Waals surface area contributed by atoms with Crippen LogP contribution in [0.4, 0.5) is 5.95 Å². The normalized spacial score (nSPS) is 11.1. The van der Waals surface area contributed by atoms with Crippen LogP contribution in [0.1, 0.15) is 22.4 Å². The number of hydrogen-bond donors (Lipinski definition) is 1. The molecule has 7 nitrogen and oxygen atoms in total. The number of nitrogens with zero attached hydrogens (tertiary/aromatic N) is 4. The molecule has 0 bridgehead atoms. The summed E-state index contributed by atoms with van der Waals surface area (Å²) in [5, 5.41) is 0.309. The minimum Gasteiger partial charge on any atom is -0.496 e. The van der Waals surface area contributed by atoms with Crippen LogP contribution in [0, 0.1) is 20.8 Å². The number of anilines is 1. The third-order valence-corrected chi connectivity index (χ3v) is 4.41. The number of methoxy groups -OCH3 is 1. The summed E-state index contributed by atoms with van der Waals surface area (Å²) in [6, 6.07) is 0. The number of aromatic nitrogens is 4. The lowest BCUT2D eigenvalue weighted by Crippen LogP contribution is -2.17. The highest BCUT2D eigenvalue weighted by Crippen LogP contribution is 2.25. The van der Waals surface area contributed by atoms with Crippen molar-refractivity contribution >= 4 is 28.6 Å². The molecule has 3 rings (SSSR count). The summed E-state index contributed by atoms with van der Waals surface area (Å²) in [6.07, 6.45) is 3.48. The van der Waals surface area contributed by atoms with Crippen LogP contribution in [0.25, 0.3) is 11.0 Å². The van der Waals surface area contributed by atoms with E-state index in [1.807, 2.05) is 13.8 Å². The molecule has 0 atom stereocenters. The summed E-state index contributed by atoms with van der Waals surface area (Å²) in [5.74, 6) is 0.805. The third-order valence-electron chi connectivity index (χ3n) is 4.14. The number of hydrogen-bond acceptors (Lipinski definition) is 6. The second kappa shape index (κ2) is 6.33. The molecule has 0 radical (unpaired) electrons. The van der Waals surface area contributed by atoms with Crippen molar-refractivity contribution in [1.29, 1.82) is 0 Å². The molecule has 3 aromatic heterocycles. The first-order valence-electron chi connectivity index (χ1n) is 7.65. The van der Waals surface area contributed by atoms with Gasteiger partial charge in [0.05, 0.1) is 19.3 Å². The second-order valence-corrected chi connectivity index (χ2v) is 6.24. The van der Waals surface area contributed by atoms with Crippen LogP contribution >= 0.6 is 11.6 Å². The van der Waals surface area contributed by atoms with Gasteiger partial charge < -0.3 is 15.0 Å². The summed E-state index contributed by atoms with van der Waals surface area (Å²) in [6.45, 7) is 6.01. The van der Waals surface area contributed by atoms with E-state index in [1.54, 1.807) is 31.0 Å². The van der Waals surface area contributed by atoms with Crippen LogP contribution in [0.2, 0.25) is 5.15 Å². The lowest BCUT2D eigenvalue weighted by atomic mass is 10.1. The van der Waals surface area contributed by atoms with Crippen LogP contribution < -0.4 is 15.9 Å². The zero-order valence-corrected chi connectivity index (χ0v) is 15.2. The first-order valence-corrected chi connectivity index (χ1v) is 8.03.